The molecule has 7 heteroatoms. The van der Waals surface area contributed by atoms with Gasteiger partial charge in [0.15, 0.2) is 5.69 Å². The minimum Gasteiger partial charge on any atom is -0.358 e. The summed E-state index contributed by atoms with van der Waals surface area (Å²) in [5.41, 5.74) is 2.20. The number of benzene rings is 1. The van der Waals surface area contributed by atoms with Gasteiger partial charge in [0.25, 0.3) is 5.91 Å². The number of nitrogens with one attached hydrogen (secondary N) is 1. The smallest absolute Gasteiger partial charge is 0.323 e. The number of carbonyl (C=O) groups excluding carboxylic acids is 1. The fraction of sp³-hybridized carbons (Fsp3) is 0.267. The first-order valence-electron chi connectivity index (χ1n) is 7.00. The Morgan fingerprint density at radius 3 is 2.77 bits per heavy atom. The van der Waals surface area contributed by atoms with Crippen LogP contribution in [0.25, 0.3) is 0 Å². The lowest BCUT2D eigenvalue weighted by molar-refractivity contribution is -0.391. The van der Waals surface area contributed by atoms with Crippen molar-refractivity contribution in [3.05, 3.63) is 57.8 Å². The third-order valence-corrected chi connectivity index (χ3v) is 3.86. The predicted molar refractivity (Wildman–Crippen MR) is 81.9 cm³/mol. The summed E-state index contributed by atoms with van der Waals surface area (Å²) in [7, 11) is 1.54. The van der Waals surface area contributed by atoms with Gasteiger partial charge in [0.05, 0.1) is 7.05 Å². The van der Waals surface area contributed by atoms with Gasteiger partial charge in [0.1, 0.15) is 0 Å². The van der Waals surface area contributed by atoms with Crippen LogP contribution in [0.2, 0.25) is 0 Å². The average molecular weight is 300 g/mol. The van der Waals surface area contributed by atoms with Crippen LogP contribution in [0.15, 0.2) is 36.4 Å². The number of rotatable bonds is 2. The molecular formula is C15H16N4O3. The summed E-state index contributed by atoms with van der Waals surface area (Å²) >= 11 is 0. The van der Waals surface area contributed by atoms with Crippen molar-refractivity contribution in [1.29, 1.82) is 0 Å². The van der Waals surface area contributed by atoms with E-state index in [4.69, 9.17) is 0 Å². The molecular weight excluding hydrogens is 284 g/mol. The van der Waals surface area contributed by atoms with Gasteiger partial charge in [-0.1, -0.05) is 18.2 Å². The number of nitro groups is 1. The zero-order valence-corrected chi connectivity index (χ0v) is 12.2. The van der Waals surface area contributed by atoms with Crippen molar-refractivity contribution in [2.45, 2.75) is 6.54 Å². The Morgan fingerprint density at radius 2 is 2.05 bits per heavy atom. The molecule has 0 saturated carbocycles. The van der Waals surface area contributed by atoms with Gasteiger partial charge in [0.2, 0.25) is 0 Å². The van der Waals surface area contributed by atoms with Crippen molar-refractivity contribution in [2.24, 2.45) is 7.05 Å². The van der Waals surface area contributed by atoms with Crippen LogP contribution in [-0.4, -0.2) is 28.5 Å². The standard InChI is InChI=1S/C15H16N4O3/c1-17-13(6-7-14(17)19(21)22)15(20)18-9-8-16-10-11-4-2-3-5-12(11)18/h2-7,16H,8-10H2,1H3. The molecule has 0 saturated heterocycles. The van der Waals surface area contributed by atoms with E-state index in [1.165, 1.54) is 23.7 Å². The van der Waals surface area contributed by atoms with Crippen LogP contribution in [0.4, 0.5) is 11.5 Å². The van der Waals surface area contributed by atoms with Crippen LogP contribution in [0.3, 0.4) is 0 Å². The van der Waals surface area contributed by atoms with Gasteiger partial charge in [-0.05, 0) is 22.6 Å². The zero-order valence-electron chi connectivity index (χ0n) is 12.2. The number of amides is 1. The molecule has 0 aliphatic carbocycles. The molecule has 2 heterocycles. The molecule has 1 aliphatic heterocycles. The summed E-state index contributed by atoms with van der Waals surface area (Å²) in [5.74, 6) is -0.323. The Labute approximate surface area is 127 Å². The topological polar surface area (TPSA) is 80.4 Å². The molecule has 2 aromatic rings. The van der Waals surface area contributed by atoms with Gasteiger partial charge in [-0.3, -0.25) is 4.79 Å². The Morgan fingerprint density at radius 1 is 1.27 bits per heavy atom. The van der Waals surface area contributed by atoms with E-state index in [1.807, 2.05) is 24.3 Å². The number of hydrogen-bond acceptors (Lipinski definition) is 4. The number of carbonyl (C=O) groups is 1. The fourth-order valence-corrected chi connectivity index (χ4v) is 2.71. The molecule has 1 N–H and O–H groups in total. The molecule has 1 aliphatic rings. The molecule has 0 bridgehead atoms. The minimum atomic E-state index is -0.491. The van der Waals surface area contributed by atoms with E-state index in [2.05, 4.69) is 5.32 Å². The molecule has 0 radical (unpaired) electrons. The summed E-state index contributed by atoms with van der Waals surface area (Å²) in [6.07, 6.45) is 0. The van der Waals surface area contributed by atoms with Gasteiger partial charge in [-0.25, -0.2) is 4.57 Å². The maximum atomic E-state index is 12.8. The first-order chi connectivity index (χ1) is 10.6. The summed E-state index contributed by atoms with van der Waals surface area (Å²) in [6, 6.07) is 10.6. The molecule has 7 nitrogen and oxygen atoms in total. The first-order valence-corrected chi connectivity index (χ1v) is 7.00. The van der Waals surface area contributed by atoms with Gasteiger partial charge >= 0.3 is 5.82 Å². The van der Waals surface area contributed by atoms with E-state index in [0.29, 0.717) is 25.3 Å². The monoisotopic (exact) mass is 300 g/mol. The summed E-state index contributed by atoms with van der Waals surface area (Å²) in [4.78, 5) is 24.9. The summed E-state index contributed by atoms with van der Waals surface area (Å²) in [6.45, 7) is 1.90. The van der Waals surface area contributed by atoms with Crippen LogP contribution in [-0.2, 0) is 13.6 Å². The molecule has 114 valence electrons. The maximum absolute atomic E-state index is 12.8. The summed E-state index contributed by atoms with van der Waals surface area (Å²) in [5, 5.41) is 14.2. The number of para-hydroxylation sites is 1. The van der Waals surface area contributed by atoms with E-state index in [-0.39, 0.29) is 11.7 Å². The van der Waals surface area contributed by atoms with Gasteiger partial charge < -0.3 is 20.3 Å². The average Bonchev–Trinajstić information content (AvgIpc) is 2.77. The number of anilines is 1. The van der Waals surface area contributed by atoms with E-state index < -0.39 is 4.92 Å². The zero-order chi connectivity index (χ0) is 15.7. The van der Waals surface area contributed by atoms with E-state index in [0.717, 1.165) is 11.3 Å². The number of aromatic nitrogens is 1. The van der Waals surface area contributed by atoms with Crippen LogP contribution in [0.5, 0.6) is 0 Å². The third-order valence-electron chi connectivity index (χ3n) is 3.86. The highest BCUT2D eigenvalue weighted by Crippen LogP contribution is 2.25. The van der Waals surface area contributed by atoms with Crippen molar-refractivity contribution in [1.82, 2.24) is 9.88 Å². The van der Waals surface area contributed by atoms with Crippen molar-refractivity contribution >= 4 is 17.4 Å². The van der Waals surface area contributed by atoms with Gasteiger partial charge in [-0.2, -0.15) is 0 Å². The highest BCUT2D eigenvalue weighted by molar-refractivity contribution is 6.06. The van der Waals surface area contributed by atoms with Crippen molar-refractivity contribution in [2.75, 3.05) is 18.0 Å². The lowest BCUT2D eigenvalue weighted by Crippen LogP contribution is -2.35. The summed E-state index contributed by atoms with van der Waals surface area (Å²) < 4.78 is 1.32. The van der Waals surface area contributed by atoms with Crippen molar-refractivity contribution < 1.29 is 9.72 Å². The van der Waals surface area contributed by atoms with Crippen molar-refractivity contribution in [3.8, 4) is 0 Å². The van der Waals surface area contributed by atoms with E-state index >= 15 is 0 Å². The maximum Gasteiger partial charge on any atom is 0.323 e. The molecule has 1 aromatic heterocycles. The number of fused-ring (bicyclic) bond motifs is 1. The van der Waals surface area contributed by atoms with Crippen LogP contribution in [0.1, 0.15) is 16.1 Å². The first kappa shape index (κ1) is 14.3. The largest absolute Gasteiger partial charge is 0.358 e. The SMILES string of the molecule is Cn1c(C(=O)N2CCNCc3ccccc32)ccc1[N+](=O)[O-]. The molecule has 0 atom stereocenters. The number of nitrogens with zero attached hydrogens (tertiary/aromatic N) is 3. The lowest BCUT2D eigenvalue weighted by Gasteiger charge is -2.21. The number of hydrogen-bond donors (Lipinski definition) is 1. The Hall–Kier alpha value is -2.67. The molecule has 0 fully saturated rings. The van der Waals surface area contributed by atoms with Crippen molar-refractivity contribution in [3.63, 3.8) is 0 Å². The Kier molecular flexibility index (Phi) is 3.64. The molecule has 1 aromatic carbocycles. The van der Waals surface area contributed by atoms with Crippen LogP contribution in [0, 0.1) is 10.1 Å². The van der Waals surface area contributed by atoms with E-state index in [1.54, 1.807) is 4.90 Å². The molecule has 1 amide bonds. The second kappa shape index (κ2) is 5.61. The Balaban J connectivity index is 2.00. The molecule has 3 rings (SSSR count). The second-order valence-corrected chi connectivity index (χ2v) is 5.16. The van der Waals surface area contributed by atoms with Crippen LogP contribution >= 0.6 is 0 Å². The Bertz CT molecular complexity index is 738. The molecule has 0 spiro atoms. The predicted octanol–water partition coefficient (Wildman–Crippen LogP) is 1.68. The van der Waals surface area contributed by atoms with Gasteiger partial charge in [-0.15, -0.1) is 0 Å². The minimum absolute atomic E-state index is 0.0930. The fourth-order valence-electron chi connectivity index (χ4n) is 2.71. The third kappa shape index (κ3) is 2.35. The normalized spacial score (nSPS) is 14.3. The quantitative estimate of drug-likeness (QED) is 0.676. The van der Waals surface area contributed by atoms with Gasteiger partial charge in [0, 0.05) is 31.4 Å². The lowest BCUT2D eigenvalue weighted by atomic mass is 10.1. The van der Waals surface area contributed by atoms with Crippen LogP contribution < -0.4 is 10.2 Å². The second-order valence-electron chi connectivity index (χ2n) is 5.16. The highest BCUT2D eigenvalue weighted by Gasteiger charge is 2.28. The molecule has 22 heavy (non-hydrogen) atoms. The highest BCUT2D eigenvalue weighted by atomic mass is 16.6. The van der Waals surface area contributed by atoms with E-state index in [9.17, 15) is 14.9 Å². The molecule has 0 unspecified atom stereocenters.